The van der Waals surface area contributed by atoms with Crippen LogP contribution in [0.25, 0.3) is 22.6 Å². The molecule has 188 valence electrons. The summed E-state index contributed by atoms with van der Waals surface area (Å²) >= 11 is 0. The summed E-state index contributed by atoms with van der Waals surface area (Å²) in [6.07, 6.45) is 4.03. The van der Waals surface area contributed by atoms with Gasteiger partial charge in [-0.25, -0.2) is 15.0 Å². The monoisotopic (exact) mass is 482 g/mol. The molecular formula is C25H34N6O4. The highest BCUT2D eigenvalue weighted by molar-refractivity contribution is 5.86. The summed E-state index contributed by atoms with van der Waals surface area (Å²) in [4.78, 5) is 26.3. The molecule has 0 spiro atoms. The first-order valence-electron chi connectivity index (χ1n) is 12.0. The van der Waals surface area contributed by atoms with Crippen LogP contribution >= 0.6 is 0 Å². The number of rotatable bonds is 4. The third-order valence-electron chi connectivity index (χ3n) is 5.92. The van der Waals surface area contributed by atoms with E-state index in [1.807, 2.05) is 39.2 Å². The molecule has 4 heterocycles. The average Bonchev–Trinajstić information content (AvgIpc) is 3.28. The highest BCUT2D eigenvalue weighted by atomic mass is 16.5. The van der Waals surface area contributed by atoms with Gasteiger partial charge in [0.15, 0.2) is 22.8 Å². The molecule has 0 unspecified atom stereocenters. The van der Waals surface area contributed by atoms with E-state index in [9.17, 15) is 9.90 Å². The van der Waals surface area contributed by atoms with Crippen LogP contribution in [0.1, 0.15) is 39.7 Å². The molecule has 0 atom stereocenters. The number of phenols is 1. The summed E-state index contributed by atoms with van der Waals surface area (Å²) < 4.78 is 12.3. The maximum atomic E-state index is 9.92. The van der Waals surface area contributed by atoms with Gasteiger partial charge in [-0.05, 0) is 58.8 Å². The van der Waals surface area contributed by atoms with Crippen molar-refractivity contribution in [2.45, 2.75) is 45.3 Å². The third kappa shape index (κ3) is 6.26. The number of phenolic OH excluding ortho intramolecular Hbond substituents is 1. The Hall–Kier alpha value is -3.24. The van der Waals surface area contributed by atoms with Gasteiger partial charge in [0.1, 0.15) is 11.4 Å². The number of morpholine rings is 1. The quantitative estimate of drug-likeness (QED) is 0.542. The Balaban J connectivity index is 0.000000364. The maximum Gasteiger partial charge on any atom is 0.293 e. The maximum absolute atomic E-state index is 9.92. The van der Waals surface area contributed by atoms with Crippen molar-refractivity contribution in [1.82, 2.24) is 24.8 Å². The van der Waals surface area contributed by atoms with E-state index in [-0.39, 0.29) is 11.4 Å². The molecule has 0 aliphatic carbocycles. The van der Waals surface area contributed by atoms with Crippen molar-refractivity contribution < 1.29 is 19.4 Å². The van der Waals surface area contributed by atoms with Crippen LogP contribution in [0.2, 0.25) is 0 Å². The van der Waals surface area contributed by atoms with E-state index in [4.69, 9.17) is 19.7 Å². The van der Waals surface area contributed by atoms with Crippen molar-refractivity contribution in [3.05, 3.63) is 30.6 Å². The molecule has 2 aliphatic heterocycles. The number of aromatic nitrogens is 4. The lowest BCUT2D eigenvalue weighted by atomic mass is 10.1. The summed E-state index contributed by atoms with van der Waals surface area (Å²) in [5, 5.41) is 13.3. The number of nitrogens with one attached hydrogen (secondary N) is 1. The highest BCUT2D eigenvalue weighted by Crippen LogP contribution is 2.31. The Morgan fingerprint density at radius 1 is 1.17 bits per heavy atom. The molecule has 2 saturated heterocycles. The van der Waals surface area contributed by atoms with Gasteiger partial charge in [0.2, 0.25) is 0 Å². The van der Waals surface area contributed by atoms with E-state index >= 15 is 0 Å². The molecular weight excluding hydrogens is 448 g/mol. The molecule has 2 N–H and O–H groups in total. The SMILES string of the molecule is CC(C)(C)OC=O.Oc1cccc(-c2nc(N3CCOCC3)c3ncn(C4CCNCC4)c3n2)c1. The van der Waals surface area contributed by atoms with Crippen molar-refractivity contribution in [2.75, 3.05) is 44.3 Å². The standard InChI is InChI=1S/C20H24N6O2.C5H10O2/c27-16-3-1-2-14(12-16)18-23-19(25-8-10-28-11-9-25)17-20(24-18)26(13-22-17)15-4-6-21-7-5-15;1-5(2,3)7-4-6/h1-3,12-13,15,21,27H,4-11H2;4H,1-3H3. The average molecular weight is 483 g/mol. The van der Waals surface area contributed by atoms with Crippen molar-refractivity contribution in [3.8, 4) is 17.1 Å². The van der Waals surface area contributed by atoms with Gasteiger partial charge in [0, 0.05) is 24.7 Å². The van der Waals surface area contributed by atoms with E-state index < -0.39 is 0 Å². The molecule has 10 nitrogen and oxygen atoms in total. The van der Waals surface area contributed by atoms with Gasteiger partial charge in [-0.2, -0.15) is 0 Å². The lowest BCUT2D eigenvalue weighted by molar-refractivity contribution is -0.138. The van der Waals surface area contributed by atoms with Crippen LogP contribution in [0.5, 0.6) is 5.75 Å². The predicted octanol–water partition coefficient (Wildman–Crippen LogP) is 2.92. The number of hydrogen-bond acceptors (Lipinski definition) is 9. The number of anilines is 1. The number of aromatic hydroxyl groups is 1. The zero-order chi connectivity index (χ0) is 24.8. The second kappa shape index (κ2) is 11.0. The van der Waals surface area contributed by atoms with Gasteiger partial charge in [0.25, 0.3) is 6.47 Å². The molecule has 2 aliphatic rings. The van der Waals surface area contributed by atoms with Crippen LogP contribution < -0.4 is 10.2 Å². The zero-order valence-electron chi connectivity index (χ0n) is 20.6. The first-order valence-corrected chi connectivity index (χ1v) is 12.0. The second-order valence-electron chi connectivity index (χ2n) is 9.65. The minimum absolute atomic E-state index is 0.209. The Morgan fingerprint density at radius 3 is 2.54 bits per heavy atom. The van der Waals surface area contributed by atoms with E-state index in [0.717, 1.165) is 61.6 Å². The molecule has 5 rings (SSSR count). The van der Waals surface area contributed by atoms with E-state index in [1.54, 1.807) is 12.1 Å². The van der Waals surface area contributed by atoms with Gasteiger partial charge in [-0.1, -0.05) is 12.1 Å². The fraction of sp³-hybridized carbons (Fsp3) is 0.520. The molecule has 0 bridgehead atoms. The van der Waals surface area contributed by atoms with E-state index in [0.29, 0.717) is 31.6 Å². The fourth-order valence-corrected chi connectivity index (χ4v) is 4.17. The van der Waals surface area contributed by atoms with Crippen molar-refractivity contribution >= 4 is 23.5 Å². The molecule has 2 aromatic heterocycles. The topological polar surface area (TPSA) is 115 Å². The molecule has 3 aromatic rings. The molecule has 35 heavy (non-hydrogen) atoms. The van der Waals surface area contributed by atoms with Gasteiger partial charge in [-0.15, -0.1) is 0 Å². The summed E-state index contributed by atoms with van der Waals surface area (Å²) in [6.45, 7) is 10.9. The zero-order valence-corrected chi connectivity index (χ0v) is 20.6. The number of ether oxygens (including phenoxy) is 2. The minimum atomic E-state index is -0.318. The summed E-state index contributed by atoms with van der Waals surface area (Å²) in [7, 11) is 0. The summed E-state index contributed by atoms with van der Waals surface area (Å²) in [5.41, 5.74) is 2.18. The number of imidazole rings is 1. The largest absolute Gasteiger partial charge is 0.508 e. The van der Waals surface area contributed by atoms with E-state index in [2.05, 4.69) is 19.5 Å². The Kier molecular flexibility index (Phi) is 7.82. The first-order chi connectivity index (χ1) is 16.9. The van der Waals surface area contributed by atoms with E-state index in [1.165, 1.54) is 0 Å². The number of carbonyl (C=O) groups is 1. The highest BCUT2D eigenvalue weighted by Gasteiger charge is 2.24. The van der Waals surface area contributed by atoms with Gasteiger partial charge < -0.3 is 29.4 Å². The molecule has 1 aromatic carbocycles. The fourth-order valence-electron chi connectivity index (χ4n) is 4.17. The van der Waals surface area contributed by atoms with Gasteiger partial charge in [-0.3, -0.25) is 4.79 Å². The normalized spacial score (nSPS) is 17.1. The van der Waals surface area contributed by atoms with Crippen LogP contribution in [0.4, 0.5) is 5.82 Å². The number of nitrogens with zero attached hydrogens (tertiary/aromatic N) is 5. The first kappa shape index (κ1) is 24.9. The third-order valence-corrected chi connectivity index (χ3v) is 5.92. The second-order valence-corrected chi connectivity index (χ2v) is 9.65. The Bertz CT molecular complexity index is 1130. The molecule has 0 amide bonds. The Morgan fingerprint density at radius 2 is 1.91 bits per heavy atom. The van der Waals surface area contributed by atoms with Crippen LogP contribution in [0.15, 0.2) is 30.6 Å². The van der Waals surface area contributed by atoms with Crippen LogP contribution in [-0.4, -0.2) is 76.1 Å². The lowest BCUT2D eigenvalue weighted by Gasteiger charge is -2.28. The van der Waals surface area contributed by atoms with Crippen LogP contribution in [0, 0.1) is 0 Å². The summed E-state index contributed by atoms with van der Waals surface area (Å²) in [5.74, 6) is 1.67. The van der Waals surface area contributed by atoms with Crippen molar-refractivity contribution in [3.63, 3.8) is 0 Å². The Labute approximate surface area is 205 Å². The number of benzene rings is 1. The predicted molar refractivity (Wildman–Crippen MR) is 133 cm³/mol. The van der Waals surface area contributed by atoms with Crippen LogP contribution in [0.3, 0.4) is 0 Å². The number of piperidine rings is 1. The van der Waals surface area contributed by atoms with Gasteiger partial charge >= 0.3 is 0 Å². The molecule has 10 heteroatoms. The number of fused-ring (bicyclic) bond motifs is 1. The smallest absolute Gasteiger partial charge is 0.293 e. The minimum Gasteiger partial charge on any atom is -0.508 e. The number of hydrogen-bond donors (Lipinski definition) is 2. The lowest BCUT2D eigenvalue weighted by Crippen LogP contribution is -2.37. The number of carbonyl (C=O) groups excluding carboxylic acids is 1. The molecule has 0 radical (unpaired) electrons. The van der Waals surface area contributed by atoms with Crippen LogP contribution in [-0.2, 0) is 14.3 Å². The molecule has 0 saturated carbocycles. The molecule has 2 fully saturated rings. The van der Waals surface area contributed by atoms with Crippen molar-refractivity contribution in [2.24, 2.45) is 0 Å². The summed E-state index contributed by atoms with van der Waals surface area (Å²) in [6, 6.07) is 7.49. The van der Waals surface area contributed by atoms with Gasteiger partial charge in [0.05, 0.1) is 19.5 Å². The van der Waals surface area contributed by atoms with Crippen molar-refractivity contribution in [1.29, 1.82) is 0 Å².